The summed E-state index contributed by atoms with van der Waals surface area (Å²) in [6.07, 6.45) is 0. The monoisotopic (exact) mass is 672 g/mol. The topological polar surface area (TPSA) is 13.1 Å². The van der Waals surface area contributed by atoms with E-state index in [9.17, 15) is 0 Å². The van der Waals surface area contributed by atoms with Crippen LogP contribution in [0.4, 0.5) is 0 Å². The van der Waals surface area contributed by atoms with E-state index in [1.807, 2.05) is 0 Å². The van der Waals surface area contributed by atoms with Crippen molar-refractivity contribution >= 4 is 54.1 Å². The lowest BCUT2D eigenvalue weighted by atomic mass is 9.87. The molecule has 0 unspecified atom stereocenters. The molecule has 0 amide bonds. The van der Waals surface area contributed by atoms with Crippen LogP contribution < -0.4 is 0 Å². The van der Waals surface area contributed by atoms with Crippen molar-refractivity contribution in [2.45, 2.75) is 0 Å². The second-order valence-corrected chi connectivity index (χ2v) is 14.0. The Bertz CT molecular complexity index is 3130. The van der Waals surface area contributed by atoms with Crippen molar-refractivity contribution in [3.8, 4) is 55.8 Å². The zero-order valence-electron chi connectivity index (χ0n) is 28.9. The first-order valence-electron chi connectivity index (χ1n) is 18.3. The summed E-state index contributed by atoms with van der Waals surface area (Å²) in [4.78, 5) is 0. The fourth-order valence-electron chi connectivity index (χ4n) is 8.56. The highest BCUT2D eigenvalue weighted by atomic mass is 16.3. The Morgan fingerprint density at radius 2 is 0.811 bits per heavy atom. The van der Waals surface area contributed by atoms with Gasteiger partial charge in [-0.2, -0.15) is 0 Å². The predicted molar refractivity (Wildman–Crippen MR) is 225 cm³/mol. The number of furan rings is 1. The Morgan fingerprint density at radius 1 is 0.283 bits per heavy atom. The molecule has 0 atom stereocenters. The molecule has 0 spiro atoms. The molecule has 53 heavy (non-hydrogen) atoms. The Kier molecular flexibility index (Phi) is 6.62. The van der Waals surface area contributed by atoms with Gasteiger partial charge in [-0.25, -0.2) is 0 Å². The van der Waals surface area contributed by atoms with Gasteiger partial charge in [-0.15, -0.1) is 0 Å². The van der Waals surface area contributed by atoms with Crippen LogP contribution in [0.3, 0.4) is 0 Å². The van der Waals surface area contributed by atoms with Gasteiger partial charge in [0.05, 0.1) is 0 Å². The van der Waals surface area contributed by atoms with Gasteiger partial charge in [0.1, 0.15) is 11.3 Å². The largest absolute Gasteiger partial charge is 0.455 e. The van der Waals surface area contributed by atoms with Gasteiger partial charge in [0.2, 0.25) is 0 Å². The lowest BCUT2D eigenvalue weighted by Gasteiger charge is -2.16. The van der Waals surface area contributed by atoms with E-state index in [4.69, 9.17) is 4.42 Å². The molecule has 0 aliphatic carbocycles. The number of rotatable bonds is 5. The predicted octanol–water partition coefficient (Wildman–Crippen LogP) is 14.8. The van der Waals surface area contributed by atoms with E-state index in [0.29, 0.717) is 0 Å². The molecule has 0 saturated carbocycles. The zero-order chi connectivity index (χ0) is 34.9. The van der Waals surface area contributed by atoms with Gasteiger partial charge < -0.3 is 4.42 Å². The summed E-state index contributed by atoms with van der Waals surface area (Å²) in [7, 11) is 0. The number of benzene rings is 10. The molecule has 1 aromatic heterocycles. The Balaban J connectivity index is 1.07. The third-order valence-electron chi connectivity index (χ3n) is 11.1. The van der Waals surface area contributed by atoms with Crippen molar-refractivity contribution in [1.29, 1.82) is 0 Å². The maximum Gasteiger partial charge on any atom is 0.143 e. The first-order valence-corrected chi connectivity index (χ1v) is 18.3. The van der Waals surface area contributed by atoms with Gasteiger partial charge in [0, 0.05) is 16.5 Å². The van der Waals surface area contributed by atoms with E-state index in [-0.39, 0.29) is 0 Å². The fraction of sp³-hybridized carbons (Fsp3) is 0. The van der Waals surface area contributed by atoms with Gasteiger partial charge in [-0.05, 0) is 94.2 Å². The van der Waals surface area contributed by atoms with Crippen LogP contribution in [0.15, 0.2) is 199 Å². The van der Waals surface area contributed by atoms with E-state index >= 15 is 0 Å². The molecule has 11 aromatic rings. The summed E-state index contributed by atoms with van der Waals surface area (Å²) < 4.78 is 6.70. The van der Waals surface area contributed by atoms with Crippen molar-refractivity contribution in [2.75, 3.05) is 0 Å². The molecule has 0 saturated heterocycles. The van der Waals surface area contributed by atoms with Gasteiger partial charge in [0.15, 0.2) is 0 Å². The molecule has 0 bridgehead atoms. The average Bonchev–Trinajstić information content (AvgIpc) is 3.62. The first-order chi connectivity index (χ1) is 26.3. The highest BCUT2D eigenvalue weighted by Gasteiger charge is 2.20. The molecule has 0 radical (unpaired) electrons. The van der Waals surface area contributed by atoms with Crippen molar-refractivity contribution in [3.05, 3.63) is 194 Å². The maximum atomic E-state index is 6.70. The molecule has 0 aliphatic heterocycles. The molecule has 1 heteroatoms. The quantitative estimate of drug-likeness (QED) is 0.166. The lowest BCUT2D eigenvalue weighted by Crippen LogP contribution is -1.89. The van der Waals surface area contributed by atoms with Crippen LogP contribution in [-0.2, 0) is 0 Å². The fourth-order valence-corrected chi connectivity index (χ4v) is 8.56. The molecule has 10 aromatic carbocycles. The summed E-state index contributed by atoms with van der Waals surface area (Å²) in [5.74, 6) is 0.889. The first kappa shape index (κ1) is 29.7. The SMILES string of the molecule is c1ccc(-c2oc3ccc(-c4cccc5ccccc45)cc3c2-c2ccc(-c3ccc4ccc5c(-c6ccccc6)ccc6ccc3c4c65)cc2)cc1. The minimum absolute atomic E-state index is 0.883. The normalized spacial score (nSPS) is 11.8. The van der Waals surface area contributed by atoms with Gasteiger partial charge in [0.25, 0.3) is 0 Å². The molecule has 0 fully saturated rings. The molecule has 0 aliphatic rings. The van der Waals surface area contributed by atoms with Crippen LogP contribution in [0.1, 0.15) is 0 Å². The van der Waals surface area contributed by atoms with Crippen molar-refractivity contribution in [1.82, 2.24) is 0 Å². The van der Waals surface area contributed by atoms with Crippen LogP contribution in [0.5, 0.6) is 0 Å². The molecule has 1 heterocycles. The van der Waals surface area contributed by atoms with Crippen LogP contribution >= 0.6 is 0 Å². The van der Waals surface area contributed by atoms with Gasteiger partial charge in [-0.1, -0.05) is 182 Å². The van der Waals surface area contributed by atoms with Crippen LogP contribution in [0, 0.1) is 0 Å². The molecular formula is C52H32O. The van der Waals surface area contributed by atoms with Crippen LogP contribution in [0.2, 0.25) is 0 Å². The van der Waals surface area contributed by atoms with Crippen LogP contribution in [0.25, 0.3) is 110 Å². The van der Waals surface area contributed by atoms with E-state index in [0.717, 1.165) is 33.4 Å². The Morgan fingerprint density at radius 3 is 1.51 bits per heavy atom. The van der Waals surface area contributed by atoms with Crippen LogP contribution in [-0.4, -0.2) is 0 Å². The second kappa shape index (κ2) is 11.8. The minimum atomic E-state index is 0.883. The van der Waals surface area contributed by atoms with Crippen molar-refractivity contribution in [2.24, 2.45) is 0 Å². The summed E-state index contributed by atoms with van der Waals surface area (Å²) in [6.45, 7) is 0. The third-order valence-corrected chi connectivity index (χ3v) is 11.1. The zero-order valence-corrected chi connectivity index (χ0v) is 28.9. The second-order valence-electron chi connectivity index (χ2n) is 14.0. The smallest absolute Gasteiger partial charge is 0.143 e. The van der Waals surface area contributed by atoms with Gasteiger partial charge >= 0.3 is 0 Å². The van der Waals surface area contributed by atoms with Crippen molar-refractivity contribution in [3.63, 3.8) is 0 Å². The highest BCUT2D eigenvalue weighted by Crippen LogP contribution is 2.45. The Labute approximate surface area is 307 Å². The molecule has 1 nitrogen and oxygen atoms in total. The molecule has 246 valence electrons. The van der Waals surface area contributed by atoms with Gasteiger partial charge in [-0.3, -0.25) is 0 Å². The number of hydrogen-bond donors (Lipinski definition) is 0. The van der Waals surface area contributed by atoms with E-state index < -0.39 is 0 Å². The van der Waals surface area contributed by atoms with E-state index in [2.05, 4.69) is 194 Å². The summed E-state index contributed by atoms with van der Waals surface area (Å²) in [6, 6.07) is 70.3. The van der Waals surface area contributed by atoms with E-state index in [1.165, 1.54) is 76.5 Å². The summed E-state index contributed by atoms with van der Waals surface area (Å²) in [5.41, 5.74) is 11.5. The third kappa shape index (κ3) is 4.71. The Hall–Kier alpha value is -6.96. The molecular weight excluding hydrogens is 641 g/mol. The molecule has 11 rings (SSSR count). The highest BCUT2D eigenvalue weighted by molar-refractivity contribution is 6.27. The molecule has 0 N–H and O–H groups in total. The number of fused-ring (bicyclic) bond motifs is 2. The standard InChI is InChI=1S/C52H32O/c1-3-10-33(11-4-1)43-27-22-36-25-30-46-44(28-23-37-24-29-45(43)49(36)50(37)46)35-18-20-38(21-19-35)51-47-32-40(42-17-9-15-34-12-7-8-16-41(34)42)26-31-48(47)53-52(51)39-13-5-2-6-14-39/h1-32H. The number of hydrogen-bond acceptors (Lipinski definition) is 1. The summed E-state index contributed by atoms with van der Waals surface area (Å²) >= 11 is 0. The minimum Gasteiger partial charge on any atom is -0.455 e. The van der Waals surface area contributed by atoms with E-state index in [1.54, 1.807) is 0 Å². The summed E-state index contributed by atoms with van der Waals surface area (Å²) in [5, 5.41) is 11.4. The van der Waals surface area contributed by atoms with Crippen molar-refractivity contribution < 1.29 is 4.42 Å². The maximum absolute atomic E-state index is 6.70. The average molecular weight is 673 g/mol. The lowest BCUT2D eigenvalue weighted by molar-refractivity contribution is 0.632.